The molecule has 1 unspecified atom stereocenters. The molecule has 0 fully saturated rings. The number of methoxy groups -OCH3 is 1. The van der Waals surface area contributed by atoms with Crippen LogP contribution in [-0.2, 0) is 10.2 Å². The molecule has 124 valence electrons. The second kappa shape index (κ2) is 6.96. The number of rotatable bonds is 5. The zero-order chi connectivity index (χ0) is 17.0. The van der Waals surface area contributed by atoms with Crippen molar-refractivity contribution in [3.63, 3.8) is 0 Å². The van der Waals surface area contributed by atoms with Gasteiger partial charge in [-0.05, 0) is 26.8 Å². The summed E-state index contributed by atoms with van der Waals surface area (Å²) in [4.78, 5) is 11.8. The number of para-hydroxylation sites is 1. The highest BCUT2D eigenvalue weighted by atomic mass is 19.1. The van der Waals surface area contributed by atoms with Gasteiger partial charge in [0, 0.05) is 24.1 Å². The molecule has 0 saturated carbocycles. The Labute approximate surface area is 131 Å². The quantitative estimate of drug-likeness (QED) is 0.876. The van der Waals surface area contributed by atoms with E-state index in [9.17, 15) is 9.18 Å². The Morgan fingerprint density at radius 2 is 1.95 bits per heavy atom. The highest BCUT2D eigenvalue weighted by Gasteiger charge is 2.31. The van der Waals surface area contributed by atoms with Crippen LogP contribution in [0.5, 0.6) is 5.75 Å². The van der Waals surface area contributed by atoms with Crippen LogP contribution in [0.25, 0.3) is 0 Å². The van der Waals surface area contributed by atoms with Gasteiger partial charge in [0.1, 0.15) is 5.60 Å². The second-order valence-electron chi connectivity index (χ2n) is 6.44. The van der Waals surface area contributed by atoms with Gasteiger partial charge in [-0.1, -0.05) is 19.1 Å². The van der Waals surface area contributed by atoms with Gasteiger partial charge in [0.2, 0.25) is 0 Å². The molecule has 6 heteroatoms. The van der Waals surface area contributed by atoms with Gasteiger partial charge in [0.15, 0.2) is 11.6 Å². The molecule has 0 aliphatic rings. The monoisotopic (exact) mass is 312 g/mol. The molecule has 0 spiro atoms. The molecule has 1 aromatic carbocycles. The Kier molecular flexibility index (Phi) is 5.77. The molecule has 1 amide bonds. The first kappa shape index (κ1) is 18.2. The first-order valence-electron chi connectivity index (χ1n) is 7.13. The number of alkyl carbamates (subject to hydrolysis) is 1. The van der Waals surface area contributed by atoms with Crippen molar-refractivity contribution < 1.29 is 18.7 Å². The highest BCUT2D eigenvalue weighted by Crippen LogP contribution is 2.32. The molecule has 3 N–H and O–H groups in total. The number of amides is 1. The third-order valence-corrected chi connectivity index (χ3v) is 3.29. The van der Waals surface area contributed by atoms with E-state index >= 15 is 0 Å². The van der Waals surface area contributed by atoms with Gasteiger partial charge in [-0.2, -0.15) is 0 Å². The number of carbonyl (C=O) groups is 1. The van der Waals surface area contributed by atoms with E-state index in [-0.39, 0.29) is 18.8 Å². The fourth-order valence-electron chi connectivity index (χ4n) is 2.05. The van der Waals surface area contributed by atoms with Crippen LogP contribution in [0.4, 0.5) is 9.18 Å². The van der Waals surface area contributed by atoms with E-state index in [0.29, 0.717) is 5.56 Å². The van der Waals surface area contributed by atoms with E-state index in [0.717, 1.165) is 0 Å². The number of halogens is 1. The van der Waals surface area contributed by atoms with E-state index in [1.54, 1.807) is 32.9 Å². The number of ether oxygens (including phenoxy) is 2. The van der Waals surface area contributed by atoms with Crippen LogP contribution in [0.2, 0.25) is 0 Å². The Bertz CT molecular complexity index is 529. The SMILES string of the molecule is COc1c(F)cccc1C(C)(CN)CNC(=O)OC(C)(C)C. The summed E-state index contributed by atoms with van der Waals surface area (Å²) in [6, 6.07) is 4.65. The molecule has 22 heavy (non-hydrogen) atoms. The van der Waals surface area contributed by atoms with Crippen molar-refractivity contribution in [1.82, 2.24) is 5.32 Å². The Balaban J connectivity index is 2.94. The molecule has 1 aromatic rings. The second-order valence-corrected chi connectivity index (χ2v) is 6.44. The summed E-state index contributed by atoms with van der Waals surface area (Å²) in [6.45, 7) is 7.60. The number of nitrogens with two attached hydrogens (primary N) is 1. The maximum atomic E-state index is 13.9. The van der Waals surface area contributed by atoms with Crippen molar-refractivity contribution in [2.45, 2.75) is 38.7 Å². The van der Waals surface area contributed by atoms with Crippen LogP contribution < -0.4 is 15.8 Å². The van der Waals surface area contributed by atoms with Gasteiger partial charge in [0.25, 0.3) is 0 Å². The van der Waals surface area contributed by atoms with Gasteiger partial charge in [-0.25, -0.2) is 9.18 Å². The third-order valence-electron chi connectivity index (χ3n) is 3.29. The Morgan fingerprint density at radius 3 is 2.45 bits per heavy atom. The van der Waals surface area contributed by atoms with Crippen molar-refractivity contribution in [2.24, 2.45) is 5.73 Å². The molecule has 0 aliphatic carbocycles. The molecule has 0 aliphatic heterocycles. The molecule has 5 nitrogen and oxygen atoms in total. The Hall–Kier alpha value is -1.82. The summed E-state index contributed by atoms with van der Waals surface area (Å²) in [7, 11) is 1.40. The fourth-order valence-corrected chi connectivity index (χ4v) is 2.05. The predicted octanol–water partition coefficient (Wildman–Crippen LogP) is 2.58. The van der Waals surface area contributed by atoms with Crippen molar-refractivity contribution in [1.29, 1.82) is 0 Å². The number of hydrogen-bond donors (Lipinski definition) is 2. The summed E-state index contributed by atoms with van der Waals surface area (Å²) >= 11 is 0. The van der Waals surface area contributed by atoms with Crippen LogP contribution in [0.1, 0.15) is 33.3 Å². The molecule has 0 aromatic heterocycles. The summed E-state index contributed by atoms with van der Waals surface area (Å²) in [5, 5.41) is 2.68. The van der Waals surface area contributed by atoms with Crippen LogP contribution >= 0.6 is 0 Å². The summed E-state index contributed by atoms with van der Waals surface area (Å²) in [5.41, 5.74) is 5.20. The first-order valence-corrected chi connectivity index (χ1v) is 7.13. The first-order chi connectivity index (χ1) is 10.1. The van der Waals surface area contributed by atoms with Gasteiger partial charge >= 0.3 is 6.09 Å². The number of nitrogens with one attached hydrogen (secondary N) is 1. The zero-order valence-electron chi connectivity index (χ0n) is 13.8. The topological polar surface area (TPSA) is 73.6 Å². The zero-order valence-corrected chi connectivity index (χ0v) is 13.8. The average molecular weight is 312 g/mol. The van der Waals surface area contributed by atoms with E-state index in [2.05, 4.69) is 5.32 Å². The molecular weight excluding hydrogens is 287 g/mol. The maximum Gasteiger partial charge on any atom is 0.407 e. The summed E-state index contributed by atoms with van der Waals surface area (Å²) in [5.74, 6) is -0.321. The van der Waals surface area contributed by atoms with Crippen LogP contribution in [0.3, 0.4) is 0 Å². The molecule has 0 radical (unpaired) electrons. The number of carbonyl (C=O) groups excluding carboxylic acids is 1. The van der Waals surface area contributed by atoms with Crippen molar-refractivity contribution in [2.75, 3.05) is 20.2 Å². The average Bonchev–Trinajstić information content (AvgIpc) is 2.42. The molecule has 1 atom stereocenters. The minimum absolute atomic E-state index is 0.140. The van der Waals surface area contributed by atoms with Gasteiger partial charge in [0.05, 0.1) is 7.11 Å². The fraction of sp³-hybridized carbons (Fsp3) is 0.562. The maximum absolute atomic E-state index is 13.9. The molecule has 0 bridgehead atoms. The van der Waals surface area contributed by atoms with E-state index < -0.39 is 22.9 Å². The van der Waals surface area contributed by atoms with Gasteiger partial charge < -0.3 is 20.5 Å². The van der Waals surface area contributed by atoms with Gasteiger partial charge in [-0.15, -0.1) is 0 Å². The lowest BCUT2D eigenvalue weighted by Crippen LogP contribution is -2.45. The minimum atomic E-state index is -0.676. The van der Waals surface area contributed by atoms with Crippen molar-refractivity contribution >= 4 is 6.09 Å². The van der Waals surface area contributed by atoms with E-state index in [1.807, 2.05) is 6.92 Å². The third kappa shape index (κ3) is 4.59. The van der Waals surface area contributed by atoms with E-state index in [1.165, 1.54) is 13.2 Å². The van der Waals surface area contributed by atoms with Crippen LogP contribution in [-0.4, -0.2) is 31.9 Å². The predicted molar refractivity (Wildman–Crippen MR) is 83.6 cm³/mol. The standard InChI is InChI=1S/C16H25FN2O3/c1-15(2,3)22-14(20)19-10-16(4,9-18)11-7-6-8-12(17)13(11)21-5/h6-8H,9-10,18H2,1-5H3,(H,19,20). The molecule has 1 rings (SSSR count). The summed E-state index contributed by atoms with van der Waals surface area (Å²) < 4.78 is 24.2. The van der Waals surface area contributed by atoms with Gasteiger partial charge in [-0.3, -0.25) is 0 Å². The Morgan fingerprint density at radius 1 is 1.32 bits per heavy atom. The molecule has 0 heterocycles. The lowest BCUT2D eigenvalue weighted by Gasteiger charge is -2.31. The number of hydrogen-bond acceptors (Lipinski definition) is 4. The van der Waals surface area contributed by atoms with Crippen LogP contribution in [0, 0.1) is 5.82 Å². The summed E-state index contributed by atoms with van der Waals surface area (Å²) in [6.07, 6.45) is -0.539. The highest BCUT2D eigenvalue weighted by molar-refractivity contribution is 5.68. The van der Waals surface area contributed by atoms with E-state index in [4.69, 9.17) is 15.2 Å². The lowest BCUT2D eigenvalue weighted by atomic mass is 9.81. The van der Waals surface area contributed by atoms with Crippen molar-refractivity contribution in [3.8, 4) is 5.75 Å². The largest absolute Gasteiger partial charge is 0.493 e. The lowest BCUT2D eigenvalue weighted by molar-refractivity contribution is 0.0516. The smallest absolute Gasteiger partial charge is 0.407 e. The minimum Gasteiger partial charge on any atom is -0.493 e. The van der Waals surface area contributed by atoms with Crippen LogP contribution in [0.15, 0.2) is 18.2 Å². The number of benzene rings is 1. The van der Waals surface area contributed by atoms with Crippen molar-refractivity contribution in [3.05, 3.63) is 29.6 Å². The normalized spacial score (nSPS) is 14.1. The molecular formula is C16H25FN2O3. The molecule has 0 saturated heterocycles.